The molecule has 0 radical (unpaired) electrons. The van der Waals surface area contributed by atoms with Crippen LogP contribution in [-0.2, 0) is 6.42 Å². The van der Waals surface area contributed by atoms with E-state index in [2.05, 4.69) is 16.9 Å². The first-order valence-electron chi connectivity index (χ1n) is 8.95. The van der Waals surface area contributed by atoms with Crippen molar-refractivity contribution in [3.63, 3.8) is 0 Å². The van der Waals surface area contributed by atoms with E-state index in [0.29, 0.717) is 11.8 Å². The summed E-state index contributed by atoms with van der Waals surface area (Å²) >= 11 is 0. The van der Waals surface area contributed by atoms with Crippen molar-refractivity contribution in [3.8, 4) is 0 Å². The molecular weight excluding hydrogens is 260 g/mol. The molecule has 3 rings (SSSR count). The van der Waals surface area contributed by atoms with Gasteiger partial charge in [0.05, 0.1) is 12.4 Å². The Morgan fingerprint density at radius 1 is 1.14 bits per heavy atom. The molecule has 1 aromatic heterocycles. The van der Waals surface area contributed by atoms with Crippen LogP contribution in [0.25, 0.3) is 0 Å². The third-order valence-electron chi connectivity index (χ3n) is 5.84. The zero-order valence-corrected chi connectivity index (χ0v) is 13.3. The minimum Gasteiger partial charge on any atom is -0.393 e. The van der Waals surface area contributed by atoms with Gasteiger partial charge < -0.3 is 10.1 Å². The highest BCUT2D eigenvalue weighted by molar-refractivity contribution is 5.01. The van der Waals surface area contributed by atoms with Crippen LogP contribution in [0.3, 0.4) is 0 Å². The molecule has 1 aromatic rings. The monoisotopic (exact) mass is 290 g/mol. The number of aromatic amines is 1. The van der Waals surface area contributed by atoms with Gasteiger partial charge in [0.1, 0.15) is 0 Å². The number of aliphatic hydroxyl groups excluding tert-OH is 1. The number of hydrogen-bond donors (Lipinski definition) is 2. The molecule has 0 amide bonds. The van der Waals surface area contributed by atoms with Gasteiger partial charge in [-0.25, -0.2) is 4.98 Å². The highest BCUT2D eigenvalue weighted by atomic mass is 16.3. The summed E-state index contributed by atoms with van der Waals surface area (Å²) in [5.74, 6) is 2.42. The fourth-order valence-electron chi connectivity index (χ4n) is 4.47. The molecule has 0 saturated heterocycles. The van der Waals surface area contributed by atoms with E-state index < -0.39 is 0 Å². The van der Waals surface area contributed by atoms with Gasteiger partial charge in [-0.05, 0) is 42.9 Å². The quantitative estimate of drug-likeness (QED) is 0.799. The van der Waals surface area contributed by atoms with Gasteiger partial charge in [0, 0.05) is 11.9 Å². The Hall–Kier alpha value is -0.830. The van der Waals surface area contributed by atoms with Crippen LogP contribution < -0.4 is 0 Å². The highest BCUT2D eigenvalue weighted by Crippen LogP contribution is 2.44. The largest absolute Gasteiger partial charge is 0.393 e. The van der Waals surface area contributed by atoms with Gasteiger partial charge in [0.25, 0.3) is 0 Å². The molecule has 3 atom stereocenters. The molecule has 118 valence electrons. The standard InChI is InChI=1S/C18H30N2O/c1-2-16(13-6-4-3-5-7-13)18(21)17(14-8-9-14)10-15-11-19-12-20-15/h11-14,16-18,21H,2-10H2,1H3,(H,19,20). The summed E-state index contributed by atoms with van der Waals surface area (Å²) in [5.41, 5.74) is 1.18. The highest BCUT2D eigenvalue weighted by Gasteiger charge is 2.40. The van der Waals surface area contributed by atoms with E-state index in [4.69, 9.17) is 0 Å². The molecule has 3 nitrogen and oxygen atoms in total. The van der Waals surface area contributed by atoms with Crippen molar-refractivity contribution in [2.45, 2.75) is 70.8 Å². The van der Waals surface area contributed by atoms with Gasteiger partial charge >= 0.3 is 0 Å². The molecule has 1 heterocycles. The van der Waals surface area contributed by atoms with Crippen LogP contribution in [0.1, 0.15) is 64.0 Å². The van der Waals surface area contributed by atoms with Crippen molar-refractivity contribution in [3.05, 3.63) is 18.2 Å². The van der Waals surface area contributed by atoms with Crippen molar-refractivity contribution in [1.82, 2.24) is 9.97 Å². The molecule has 0 spiro atoms. The zero-order valence-electron chi connectivity index (χ0n) is 13.3. The number of H-pyrrole nitrogens is 1. The molecule has 0 aromatic carbocycles. The molecule has 21 heavy (non-hydrogen) atoms. The third kappa shape index (κ3) is 3.68. The smallest absolute Gasteiger partial charge is 0.0921 e. The molecule has 3 unspecified atom stereocenters. The minimum atomic E-state index is -0.131. The number of nitrogens with zero attached hydrogens (tertiary/aromatic N) is 1. The number of aliphatic hydroxyl groups is 1. The van der Waals surface area contributed by atoms with E-state index in [-0.39, 0.29) is 6.10 Å². The van der Waals surface area contributed by atoms with E-state index in [1.165, 1.54) is 50.6 Å². The van der Waals surface area contributed by atoms with Crippen molar-refractivity contribution < 1.29 is 5.11 Å². The van der Waals surface area contributed by atoms with Gasteiger partial charge in [-0.1, -0.05) is 45.4 Å². The topological polar surface area (TPSA) is 48.9 Å². The fraction of sp³-hybridized carbons (Fsp3) is 0.833. The van der Waals surface area contributed by atoms with Crippen molar-refractivity contribution in [2.75, 3.05) is 0 Å². The van der Waals surface area contributed by atoms with Crippen molar-refractivity contribution in [1.29, 1.82) is 0 Å². The minimum absolute atomic E-state index is 0.131. The average Bonchev–Trinajstić information content (AvgIpc) is 3.23. The summed E-state index contributed by atoms with van der Waals surface area (Å²) in [5, 5.41) is 11.1. The van der Waals surface area contributed by atoms with Gasteiger partial charge in [-0.2, -0.15) is 0 Å². The van der Waals surface area contributed by atoms with Gasteiger partial charge in [-0.15, -0.1) is 0 Å². The predicted molar refractivity (Wildman–Crippen MR) is 84.9 cm³/mol. The van der Waals surface area contributed by atoms with Gasteiger partial charge in [0.2, 0.25) is 0 Å². The molecule has 0 bridgehead atoms. The van der Waals surface area contributed by atoms with E-state index in [0.717, 1.165) is 24.7 Å². The second-order valence-electron chi connectivity index (χ2n) is 7.24. The van der Waals surface area contributed by atoms with Crippen LogP contribution in [0.5, 0.6) is 0 Å². The maximum Gasteiger partial charge on any atom is 0.0921 e. The van der Waals surface area contributed by atoms with E-state index in [9.17, 15) is 5.11 Å². The Balaban J connectivity index is 1.67. The third-order valence-corrected chi connectivity index (χ3v) is 5.84. The first kappa shape index (κ1) is 15.1. The van der Waals surface area contributed by atoms with E-state index in [1.54, 1.807) is 6.33 Å². The lowest BCUT2D eigenvalue weighted by Gasteiger charge is -2.36. The van der Waals surface area contributed by atoms with Gasteiger partial charge in [0.15, 0.2) is 0 Å². The SMILES string of the molecule is CCC(C1CCCCC1)C(O)C(Cc1cnc[nH]1)C1CC1. The predicted octanol–water partition coefficient (Wildman–Crippen LogP) is 3.95. The number of imidazole rings is 1. The van der Waals surface area contributed by atoms with Crippen LogP contribution in [0, 0.1) is 23.7 Å². The Morgan fingerprint density at radius 3 is 2.43 bits per heavy atom. The molecule has 2 fully saturated rings. The number of nitrogens with one attached hydrogen (secondary N) is 1. The average molecular weight is 290 g/mol. The molecule has 2 aliphatic carbocycles. The van der Waals surface area contributed by atoms with E-state index >= 15 is 0 Å². The first-order valence-corrected chi connectivity index (χ1v) is 8.95. The van der Waals surface area contributed by atoms with Crippen LogP contribution >= 0.6 is 0 Å². The van der Waals surface area contributed by atoms with Crippen LogP contribution in [-0.4, -0.2) is 21.2 Å². The normalized spacial score (nSPS) is 24.7. The Morgan fingerprint density at radius 2 is 1.86 bits per heavy atom. The second-order valence-corrected chi connectivity index (χ2v) is 7.24. The van der Waals surface area contributed by atoms with Crippen molar-refractivity contribution in [2.24, 2.45) is 23.7 Å². The lowest BCUT2D eigenvalue weighted by Crippen LogP contribution is -2.36. The lowest BCUT2D eigenvalue weighted by atomic mass is 9.72. The summed E-state index contributed by atoms with van der Waals surface area (Å²) < 4.78 is 0. The molecule has 0 aliphatic heterocycles. The summed E-state index contributed by atoms with van der Waals surface area (Å²) in [6.07, 6.45) is 15.0. The maximum atomic E-state index is 11.1. The Labute approximate surface area is 128 Å². The van der Waals surface area contributed by atoms with Gasteiger partial charge in [-0.3, -0.25) is 0 Å². The first-order chi connectivity index (χ1) is 10.3. The summed E-state index contributed by atoms with van der Waals surface area (Å²) in [7, 11) is 0. The second kappa shape index (κ2) is 6.95. The zero-order chi connectivity index (χ0) is 14.7. The molecular formula is C18H30N2O. The Kier molecular flexibility index (Phi) is 4.99. The maximum absolute atomic E-state index is 11.1. The number of rotatable bonds is 7. The molecule has 2 aliphatic rings. The van der Waals surface area contributed by atoms with Crippen LogP contribution in [0.2, 0.25) is 0 Å². The summed E-state index contributed by atoms with van der Waals surface area (Å²) in [4.78, 5) is 7.35. The summed E-state index contributed by atoms with van der Waals surface area (Å²) in [6, 6.07) is 0. The molecule has 2 saturated carbocycles. The van der Waals surface area contributed by atoms with Crippen molar-refractivity contribution >= 4 is 0 Å². The van der Waals surface area contributed by atoms with Crippen LogP contribution in [0.4, 0.5) is 0 Å². The summed E-state index contributed by atoms with van der Waals surface area (Å²) in [6.45, 7) is 2.27. The van der Waals surface area contributed by atoms with Crippen LogP contribution in [0.15, 0.2) is 12.5 Å². The fourth-order valence-corrected chi connectivity index (χ4v) is 4.47. The number of aromatic nitrogens is 2. The number of hydrogen-bond acceptors (Lipinski definition) is 2. The molecule has 3 heteroatoms. The lowest BCUT2D eigenvalue weighted by molar-refractivity contribution is 0.00339. The Bertz CT molecular complexity index is 407. The van der Waals surface area contributed by atoms with E-state index in [1.807, 2.05) is 6.20 Å². The molecule has 2 N–H and O–H groups in total.